The lowest BCUT2D eigenvalue weighted by molar-refractivity contribution is 0.0694. The zero-order valence-electron chi connectivity index (χ0n) is 9.30. The molecule has 1 heterocycles. The van der Waals surface area contributed by atoms with Gasteiger partial charge in [-0.2, -0.15) is 0 Å². The Bertz CT molecular complexity index is 575. The summed E-state index contributed by atoms with van der Waals surface area (Å²) >= 11 is 5.98. The Labute approximate surface area is 108 Å². The van der Waals surface area contributed by atoms with Crippen LogP contribution in [0.25, 0.3) is 0 Å². The third-order valence-corrected chi connectivity index (χ3v) is 2.67. The van der Waals surface area contributed by atoms with E-state index < -0.39 is 5.97 Å². The average Bonchev–Trinajstić information content (AvgIpc) is 2.38. The summed E-state index contributed by atoms with van der Waals surface area (Å²) in [5.41, 5.74) is 1.23. The lowest BCUT2D eigenvalue weighted by Crippen LogP contribution is -2.10. The number of nitrogens with zero attached hydrogens (tertiary/aromatic N) is 2. The number of benzene rings is 1. The van der Waals surface area contributed by atoms with Crippen LogP contribution in [0.15, 0.2) is 36.8 Å². The van der Waals surface area contributed by atoms with E-state index in [1.807, 2.05) is 18.2 Å². The summed E-state index contributed by atoms with van der Waals surface area (Å²) in [6, 6.07) is 7.22. The molecule has 0 aliphatic heterocycles. The van der Waals surface area contributed by atoms with E-state index in [0.29, 0.717) is 10.7 Å². The number of aromatic nitrogens is 2. The molecule has 0 atom stereocenters. The van der Waals surface area contributed by atoms with Gasteiger partial charge in [-0.1, -0.05) is 23.7 Å². The summed E-state index contributed by atoms with van der Waals surface area (Å²) in [6.07, 6.45) is 2.59. The third kappa shape index (κ3) is 2.75. The van der Waals surface area contributed by atoms with E-state index in [0.717, 1.165) is 5.69 Å². The molecule has 0 unspecified atom stereocenters. The van der Waals surface area contributed by atoms with E-state index in [4.69, 9.17) is 16.7 Å². The summed E-state index contributed by atoms with van der Waals surface area (Å²) < 4.78 is 0. The normalized spacial score (nSPS) is 10.1. The van der Waals surface area contributed by atoms with Gasteiger partial charge in [-0.05, 0) is 12.1 Å². The number of anilines is 1. The standard InChI is InChI=1S/C12H10ClN3O2/c13-9-3-1-2-4-10(9)15-6-11-8(12(17)18)5-14-7-16-11/h1-5,7,15H,6H2,(H,17,18). The lowest BCUT2D eigenvalue weighted by atomic mass is 10.2. The number of carbonyl (C=O) groups is 1. The highest BCUT2D eigenvalue weighted by Gasteiger charge is 2.11. The predicted octanol–water partition coefficient (Wildman–Crippen LogP) is 2.44. The van der Waals surface area contributed by atoms with Gasteiger partial charge in [0.15, 0.2) is 0 Å². The smallest absolute Gasteiger partial charge is 0.339 e. The Morgan fingerprint density at radius 1 is 1.39 bits per heavy atom. The first-order valence-corrected chi connectivity index (χ1v) is 5.57. The highest BCUT2D eigenvalue weighted by Crippen LogP contribution is 2.21. The van der Waals surface area contributed by atoms with E-state index in [1.54, 1.807) is 6.07 Å². The summed E-state index contributed by atoms with van der Waals surface area (Å²) in [4.78, 5) is 18.6. The van der Waals surface area contributed by atoms with Crippen LogP contribution >= 0.6 is 11.6 Å². The van der Waals surface area contributed by atoms with Crippen molar-refractivity contribution in [3.63, 3.8) is 0 Å². The van der Waals surface area contributed by atoms with E-state index in [-0.39, 0.29) is 12.1 Å². The maximum Gasteiger partial charge on any atom is 0.339 e. The number of aromatic carboxylic acids is 1. The quantitative estimate of drug-likeness (QED) is 0.886. The lowest BCUT2D eigenvalue weighted by Gasteiger charge is -2.08. The van der Waals surface area contributed by atoms with Crippen LogP contribution in [0, 0.1) is 0 Å². The minimum absolute atomic E-state index is 0.0806. The maximum atomic E-state index is 11.0. The van der Waals surface area contributed by atoms with Crippen molar-refractivity contribution < 1.29 is 9.90 Å². The Morgan fingerprint density at radius 2 is 2.17 bits per heavy atom. The number of carboxylic acid groups (broad SMARTS) is 1. The fourth-order valence-corrected chi connectivity index (χ4v) is 1.66. The van der Waals surface area contributed by atoms with Crippen LogP contribution in [0.2, 0.25) is 5.02 Å². The van der Waals surface area contributed by atoms with Crippen molar-refractivity contribution in [3.05, 3.63) is 53.1 Å². The summed E-state index contributed by atoms with van der Waals surface area (Å²) in [6.45, 7) is 0.272. The number of nitrogens with one attached hydrogen (secondary N) is 1. The van der Waals surface area contributed by atoms with Gasteiger partial charge in [-0.15, -0.1) is 0 Å². The largest absolute Gasteiger partial charge is 0.478 e. The van der Waals surface area contributed by atoms with Gasteiger partial charge in [0.1, 0.15) is 11.9 Å². The predicted molar refractivity (Wildman–Crippen MR) is 67.8 cm³/mol. The summed E-state index contributed by atoms with van der Waals surface area (Å²) in [7, 11) is 0. The molecule has 0 radical (unpaired) electrons. The first-order chi connectivity index (χ1) is 8.68. The van der Waals surface area contributed by atoms with Crippen LogP contribution in [-0.4, -0.2) is 21.0 Å². The monoisotopic (exact) mass is 263 g/mol. The second-order valence-corrected chi connectivity index (χ2v) is 3.93. The zero-order valence-corrected chi connectivity index (χ0v) is 10.1. The molecule has 5 nitrogen and oxygen atoms in total. The molecule has 6 heteroatoms. The molecular weight excluding hydrogens is 254 g/mol. The summed E-state index contributed by atoms with van der Waals surface area (Å²) in [5.74, 6) is -1.05. The fraction of sp³-hybridized carbons (Fsp3) is 0.0833. The molecule has 0 spiro atoms. The van der Waals surface area contributed by atoms with Crippen molar-refractivity contribution in [1.82, 2.24) is 9.97 Å². The molecule has 2 rings (SSSR count). The van der Waals surface area contributed by atoms with Crippen LogP contribution in [0.4, 0.5) is 5.69 Å². The van der Waals surface area contributed by atoms with E-state index >= 15 is 0 Å². The molecule has 1 aromatic heterocycles. The highest BCUT2D eigenvalue weighted by molar-refractivity contribution is 6.33. The molecule has 0 bridgehead atoms. The van der Waals surface area contributed by atoms with Gasteiger partial charge in [0.2, 0.25) is 0 Å². The number of rotatable bonds is 4. The molecule has 0 saturated carbocycles. The second-order valence-electron chi connectivity index (χ2n) is 3.52. The molecule has 0 amide bonds. The molecule has 18 heavy (non-hydrogen) atoms. The first-order valence-electron chi connectivity index (χ1n) is 5.19. The summed E-state index contributed by atoms with van der Waals surface area (Å²) in [5, 5.41) is 12.6. The van der Waals surface area contributed by atoms with E-state index in [9.17, 15) is 4.79 Å². The van der Waals surface area contributed by atoms with Crippen molar-refractivity contribution in [3.8, 4) is 0 Å². The first kappa shape index (κ1) is 12.3. The topological polar surface area (TPSA) is 75.1 Å². The van der Waals surface area contributed by atoms with Gasteiger partial charge < -0.3 is 10.4 Å². The number of hydrogen-bond donors (Lipinski definition) is 2. The minimum atomic E-state index is -1.05. The maximum absolute atomic E-state index is 11.0. The van der Waals surface area contributed by atoms with Crippen molar-refractivity contribution in [1.29, 1.82) is 0 Å². The van der Waals surface area contributed by atoms with Crippen molar-refractivity contribution >= 4 is 23.3 Å². The molecule has 0 aliphatic carbocycles. The molecule has 2 N–H and O–H groups in total. The molecule has 0 aliphatic rings. The van der Waals surface area contributed by atoms with Crippen molar-refractivity contribution in [2.45, 2.75) is 6.54 Å². The van der Waals surface area contributed by atoms with Gasteiger partial charge in [-0.3, -0.25) is 0 Å². The van der Waals surface area contributed by atoms with Crippen LogP contribution in [-0.2, 0) is 6.54 Å². The molecule has 92 valence electrons. The molecule has 0 saturated heterocycles. The number of para-hydroxylation sites is 1. The van der Waals surface area contributed by atoms with Gasteiger partial charge in [0.25, 0.3) is 0 Å². The Morgan fingerprint density at radius 3 is 2.89 bits per heavy atom. The Hall–Kier alpha value is -2.14. The van der Waals surface area contributed by atoms with Gasteiger partial charge in [0.05, 0.1) is 22.9 Å². The minimum Gasteiger partial charge on any atom is -0.478 e. The SMILES string of the molecule is O=C(O)c1cncnc1CNc1ccccc1Cl. The van der Waals surface area contributed by atoms with Gasteiger partial charge in [0, 0.05) is 6.20 Å². The van der Waals surface area contributed by atoms with Crippen LogP contribution < -0.4 is 5.32 Å². The number of carboxylic acids is 1. The van der Waals surface area contributed by atoms with Crippen LogP contribution in [0.3, 0.4) is 0 Å². The highest BCUT2D eigenvalue weighted by atomic mass is 35.5. The molecule has 0 fully saturated rings. The van der Waals surface area contributed by atoms with Crippen molar-refractivity contribution in [2.75, 3.05) is 5.32 Å². The molecule has 1 aromatic carbocycles. The third-order valence-electron chi connectivity index (χ3n) is 2.35. The van der Waals surface area contributed by atoms with E-state index in [1.165, 1.54) is 12.5 Å². The second kappa shape index (κ2) is 5.46. The van der Waals surface area contributed by atoms with Crippen LogP contribution in [0.1, 0.15) is 16.1 Å². The average molecular weight is 264 g/mol. The van der Waals surface area contributed by atoms with Gasteiger partial charge in [-0.25, -0.2) is 14.8 Å². The Kier molecular flexibility index (Phi) is 3.74. The molecular formula is C12H10ClN3O2. The Balaban J connectivity index is 2.16. The van der Waals surface area contributed by atoms with Gasteiger partial charge >= 0.3 is 5.97 Å². The van der Waals surface area contributed by atoms with Crippen LogP contribution in [0.5, 0.6) is 0 Å². The fourth-order valence-electron chi connectivity index (χ4n) is 1.46. The molecule has 2 aromatic rings. The van der Waals surface area contributed by atoms with E-state index in [2.05, 4.69) is 15.3 Å². The number of hydrogen-bond acceptors (Lipinski definition) is 4. The zero-order chi connectivity index (χ0) is 13.0. The van der Waals surface area contributed by atoms with Crippen molar-refractivity contribution in [2.24, 2.45) is 0 Å². The number of halogens is 1.